The van der Waals surface area contributed by atoms with Gasteiger partial charge in [-0.3, -0.25) is 9.36 Å². The van der Waals surface area contributed by atoms with Gasteiger partial charge in [-0.25, -0.2) is 4.98 Å². The lowest BCUT2D eigenvalue weighted by Crippen LogP contribution is -2.30. The molecular weight excluding hydrogens is 375 g/mol. The average Bonchev–Trinajstić information content (AvgIpc) is 2.57. The van der Waals surface area contributed by atoms with E-state index in [1.165, 1.54) is 23.0 Å². The molecule has 26 heavy (non-hydrogen) atoms. The summed E-state index contributed by atoms with van der Waals surface area (Å²) < 4.78 is 7.07. The minimum absolute atomic E-state index is 0.0524. The Bertz CT molecular complexity index is 997. The first-order chi connectivity index (χ1) is 12.4. The van der Waals surface area contributed by atoms with Crippen LogP contribution >= 0.6 is 23.2 Å². The number of aliphatic hydroxyl groups is 1. The van der Waals surface area contributed by atoms with Crippen molar-refractivity contribution in [1.29, 1.82) is 0 Å². The van der Waals surface area contributed by atoms with E-state index in [2.05, 4.69) is 4.98 Å². The monoisotopic (exact) mass is 392 g/mol. The van der Waals surface area contributed by atoms with Gasteiger partial charge in [0.15, 0.2) is 0 Å². The lowest BCUT2D eigenvalue weighted by Gasteiger charge is -2.16. The third-order valence-electron chi connectivity index (χ3n) is 4.08. The van der Waals surface area contributed by atoms with E-state index in [0.29, 0.717) is 20.9 Å². The highest BCUT2D eigenvalue weighted by molar-refractivity contribution is 6.38. The molecule has 1 aromatic heterocycles. The van der Waals surface area contributed by atoms with Crippen LogP contribution in [0.5, 0.6) is 5.75 Å². The molecule has 1 N–H and O–H groups in total. The zero-order valence-electron chi connectivity index (χ0n) is 14.4. The fourth-order valence-corrected chi connectivity index (χ4v) is 3.35. The zero-order chi connectivity index (χ0) is 18.8. The van der Waals surface area contributed by atoms with Crippen LogP contribution in [0.25, 0.3) is 10.9 Å². The molecule has 0 saturated carbocycles. The summed E-state index contributed by atoms with van der Waals surface area (Å²) in [7, 11) is 0. The van der Waals surface area contributed by atoms with E-state index in [1.54, 1.807) is 0 Å². The van der Waals surface area contributed by atoms with Crippen molar-refractivity contribution >= 4 is 34.1 Å². The maximum Gasteiger partial charge on any atom is 0.261 e. The van der Waals surface area contributed by atoms with Gasteiger partial charge >= 0.3 is 0 Å². The number of aryl methyl sites for hydroxylation is 2. The fraction of sp³-hybridized carbons (Fsp3) is 0.263. The standard InChI is InChI=1S/C19H18Cl2N2O3/c1-11-4-3-5-12(2)18(11)26-9-14(24)8-23-10-22-17-15(19(23)25)6-13(20)7-16(17)21/h3-7,10,14,24H,8-9H2,1-2H3. The Morgan fingerprint density at radius 2 is 1.92 bits per heavy atom. The second-order valence-corrected chi connectivity index (χ2v) is 7.02. The van der Waals surface area contributed by atoms with Crippen molar-refractivity contribution in [3.05, 3.63) is 68.2 Å². The van der Waals surface area contributed by atoms with Crippen molar-refractivity contribution in [3.8, 4) is 5.75 Å². The largest absolute Gasteiger partial charge is 0.490 e. The summed E-state index contributed by atoms with van der Waals surface area (Å²) in [6.45, 7) is 4.00. The number of hydrogen-bond acceptors (Lipinski definition) is 4. The SMILES string of the molecule is Cc1cccc(C)c1OCC(O)Cn1cnc2c(Cl)cc(Cl)cc2c1=O. The van der Waals surface area contributed by atoms with Gasteiger partial charge in [-0.1, -0.05) is 41.4 Å². The molecule has 1 unspecified atom stereocenters. The van der Waals surface area contributed by atoms with Crippen molar-refractivity contribution in [2.75, 3.05) is 6.61 Å². The van der Waals surface area contributed by atoms with Crippen molar-refractivity contribution in [1.82, 2.24) is 9.55 Å². The highest BCUT2D eigenvalue weighted by Crippen LogP contribution is 2.24. The number of nitrogens with zero attached hydrogens (tertiary/aromatic N) is 2. The first kappa shape index (κ1) is 18.7. The fourth-order valence-electron chi connectivity index (χ4n) is 2.81. The van der Waals surface area contributed by atoms with Gasteiger partial charge in [0.05, 0.1) is 28.8 Å². The minimum atomic E-state index is -0.874. The van der Waals surface area contributed by atoms with Crippen LogP contribution in [0, 0.1) is 13.8 Å². The van der Waals surface area contributed by atoms with Crippen LogP contribution in [-0.2, 0) is 6.54 Å². The summed E-state index contributed by atoms with van der Waals surface area (Å²) in [5, 5.41) is 11.3. The van der Waals surface area contributed by atoms with Crippen LogP contribution < -0.4 is 10.3 Å². The van der Waals surface area contributed by atoms with Gasteiger partial charge < -0.3 is 9.84 Å². The average molecular weight is 393 g/mol. The molecule has 2 aromatic carbocycles. The molecule has 0 bridgehead atoms. The molecule has 7 heteroatoms. The third kappa shape index (κ3) is 3.85. The molecule has 136 valence electrons. The van der Waals surface area contributed by atoms with E-state index >= 15 is 0 Å². The van der Waals surface area contributed by atoms with Crippen LogP contribution in [0.15, 0.2) is 41.5 Å². The van der Waals surface area contributed by atoms with Gasteiger partial charge in [-0.2, -0.15) is 0 Å². The Labute approximate surface area is 160 Å². The van der Waals surface area contributed by atoms with E-state index in [4.69, 9.17) is 27.9 Å². The number of rotatable bonds is 5. The second kappa shape index (κ2) is 7.66. The van der Waals surface area contributed by atoms with Crippen LogP contribution in [0.2, 0.25) is 10.0 Å². The molecule has 1 heterocycles. The highest BCUT2D eigenvalue weighted by atomic mass is 35.5. The summed E-state index contributed by atoms with van der Waals surface area (Å²) in [5.41, 5.74) is 2.06. The second-order valence-electron chi connectivity index (χ2n) is 6.17. The van der Waals surface area contributed by atoms with Crippen molar-refractivity contribution in [2.45, 2.75) is 26.5 Å². The lowest BCUT2D eigenvalue weighted by atomic mass is 10.1. The number of para-hydroxylation sites is 1. The third-order valence-corrected chi connectivity index (χ3v) is 4.59. The van der Waals surface area contributed by atoms with E-state index in [9.17, 15) is 9.90 Å². The maximum absolute atomic E-state index is 12.6. The molecule has 0 amide bonds. The van der Waals surface area contributed by atoms with Crippen molar-refractivity contribution in [2.24, 2.45) is 0 Å². The van der Waals surface area contributed by atoms with E-state index in [1.807, 2.05) is 32.0 Å². The van der Waals surface area contributed by atoms with Crippen LogP contribution in [0.3, 0.4) is 0 Å². The Hall–Kier alpha value is -2.08. The summed E-state index contributed by atoms with van der Waals surface area (Å²) in [5.74, 6) is 0.745. The number of ether oxygens (including phenoxy) is 1. The molecule has 1 atom stereocenters. The van der Waals surface area contributed by atoms with Crippen molar-refractivity contribution < 1.29 is 9.84 Å². The number of benzene rings is 2. The Balaban J connectivity index is 1.78. The number of aromatic nitrogens is 2. The highest BCUT2D eigenvalue weighted by Gasteiger charge is 2.13. The summed E-state index contributed by atoms with van der Waals surface area (Å²) in [6, 6.07) is 8.90. The molecule has 0 fully saturated rings. The number of halogens is 2. The molecule has 0 aliphatic rings. The molecular formula is C19H18Cl2N2O3. The Morgan fingerprint density at radius 1 is 1.23 bits per heavy atom. The predicted octanol–water partition coefficient (Wildman–Crippen LogP) is 3.76. The Kier molecular flexibility index (Phi) is 5.51. The predicted molar refractivity (Wildman–Crippen MR) is 103 cm³/mol. The molecule has 0 radical (unpaired) electrons. The molecule has 0 spiro atoms. The molecule has 3 rings (SSSR count). The smallest absolute Gasteiger partial charge is 0.261 e. The van der Waals surface area contributed by atoms with Crippen molar-refractivity contribution in [3.63, 3.8) is 0 Å². The van der Waals surface area contributed by atoms with Gasteiger partial charge in [0.25, 0.3) is 5.56 Å². The summed E-state index contributed by atoms with van der Waals surface area (Å²) >= 11 is 12.0. The summed E-state index contributed by atoms with van der Waals surface area (Å²) in [4.78, 5) is 16.8. The van der Waals surface area contributed by atoms with Gasteiger partial charge in [-0.05, 0) is 37.1 Å². The molecule has 0 aliphatic heterocycles. The molecule has 0 aliphatic carbocycles. The van der Waals surface area contributed by atoms with Crippen LogP contribution in [0.4, 0.5) is 0 Å². The van der Waals surface area contributed by atoms with Crippen LogP contribution in [-0.4, -0.2) is 27.4 Å². The molecule has 0 saturated heterocycles. The topological polar surface area (TPSA) is 64.3 Å². The van der Waals surface area contributed by atoms with E-state index < -0.39 is 6.10 Å². The first-order valence-electron chi connectivity index (χ1n) is 8.08. The normalized spacial score (nSPS) is 12.3. The number of fused-ring (bicyclic) bond motifs is 1. The lowest BCUT2D eigenvalue weighted by molar-refractivity contribution is 0.0908. The van der Waals surface area contributed by atoms with E-state index in [-0.39, 0.29) is 18.7 Å². The van der Waals surface area contributed by atoms with Crippen LogP contribution in [0.1, 0.15) is 11.1 Å². The van der Waals surface area contributed by atoms with Gasteiger partial charge in [-0.15, -0.1) is 0 Å². The first-order valence-corrected chi connectivity index (χ1v) is 8.83. The Morgan fingerprint density at radius 3 is 2.62 bits per heavy atom. The number of aliphatic hydroxyl groups excluding tert-OH is 1. The number of hydrogen-bond donors (Lipinski definition) is 1. The molecule has 5 nitrogen and oxygen atoms in total. The van der Waals surface area contributed by atoms with Gasteiger partial charge in [0.1, 0.15) is 18.5 Å². The van der Waals surface area contributed by atoms with Gasteiger partial charge in [0.2, 0.25) is 0 Å². The van der Waals surface area contributed by atoms with Gasteiger partial charge in [0, 0.05) is 5.02 Å². The maximum atomic E-state index is 12.6. The molecule has 3 aromatic rings. The summed E-state index contributed by atoms with van der Waals surface area (Å²) in [6.07, 6.45) is 0.493. The quantitative estimate of drug-likeness (QED) is 0.717. The minimum Gasteiger partial charge on any atom is -0.490 e. The van der Waals surface area contributed by atoms with E-state index in [0.717, 1.165) is 16.9 Å². The zero-order valence-corrected chi connectivity index (χ0v) is 15.9.